The van der Waals surface area contributed by atoms with Gasteiger partial charge in [-0.25, -0.2) is 8.78 Å². The lowest BCUT2D eigenvalue weighted by Crippen LogP contribution is -2.28. The minimum absolute atomic E-state index is 0.323. The van der Waals surface area contributed by atoms with Crippen LogP contribution in [0, 0.1) is 11.6 Å². The quantitative estimate of drug-likeness (QED) is 0.827. The SMILES string of the molecule is Fc1ccc(C2(c3ccc(F)cc3)OCCO2)cc1. The van der Waals surface area contributed by atoms with Gasteiger partial charge in [-0.2, -0.15) is 0 Å². The number of benzene rings is 2. The molecule has 0 aromatic heterocycles. The molecule has 0 spiro atoms. The van der Waals surface area contributed by atoms with Crippen LogP contribution in [-0.4, -0.2) is 13.2 Å². The van der Waals surface area contributed by atoms with E-state index in [1.54, 1.807) is 24.3 Å². The first kappa shape index (κ1) is 12.3. The van der Waals surface area contributed by atoms with E-state index < -0.39 is 5.79 Å². The Morgan fingerprint density at radius 3 is 1.42 bits per heavy atom. The second kappa shape index (κ2) is 4.72. The van der Waals surface area contributed by atoms with Crippen LogP contribution in [0.5, 0.6) is 0 Å². The van der Waals surface area contributed by atoms with Crippen LogP contribution in [0.2, 0.25) is 0 Å². The molecule has 1 aliphatic rings. The first-order valence-corrected chi connectivity index (χ1v) is 6.01. The maximum Gasteiger partial charge on any atom is 0.222 e. The average molecular weight is 262 g/mol. The van der Waals surface area contributed by atoms with E-state index in [-0.39, 0.29) is 11.6 Å². The minimum Gasteiger partial charge on any atom is -0.340 e. The molecule has 0 unspecified atom stereocenters. The maximum absolute atomic E-state index is 13.0. The Hall–Kier alpha value is -1.78. The lowest BCUT2D eigenvalue weighted by molar-refractivity contribution is -0.129. The summed E-state index contributed by atoms with van der Waals surface area (Å²) in [6, 6.07) is 11.9. The van der Waals surface area contributed by atoms with Gasteiger partial charge in [0.05, 0.1) is 13.2 Å². The van der Waals surface area contributed by atoms with Gasteiger partial charge >= 0.3 is 0 Å². The molecule has 0 saturated carbocycles. The lowest BCUT2D eigenvalue weighted by Gasteiger charge is -2.28. The van der Waals surface area contributed by atoms with Gasteiger partial charge in [0, 0.05) is 11.1 Å². The first-order chi connectivity index (χ1) is 9.21. The number of halogens is 2. The predicted octanol–water partition coefficient (Wildman–Crippen LogP) is 3.21. The maximum atomic E-state index is 13.0. The smallest absolute Gasteiger partial charge is 0.222 e. The third kappa shape index (κ3) is 2.13. The van der Waals surface area contributed by atoms with E-state index in [9.17, 15) is 8.78 Å². The predicted molar refractivity (Wildman–Crippen MR) is 65.5 cm³/mol. The van der Waals surface area contributed by atoms with Gasteiger partial charge < -0.3 is 9.47 Å². The molecule has 2 nitrogen and oxygen atoms in total. The highest BCUT2D eigenvalue weighted by molar-refractivity contribution is 5.34. The summed E-state index contributed by atoms with van der Waals surface area (Å²) in [7, 11) is 0. The van der Waals surface area contributed by atoms with Crippen LogP contribution < -0.4 is 0 Å². The Kier molecular flexibility index (Phi) is 3.05. The van der Waals surface area contributed by atoms with Crippen molar-refractivity contribution in [3.05, 3.63) is 71.3 Å². The highest BCUT2D eigenvalue weighted by atomic mass is 19.1. The molecular weight excluding hydrogens is 250 g/mol. The van der Waals surface area contributed by atoms with Crippen molar-refractivity contribution in [3.63, 3.8) is 0 Å². The molecule has 0 bridgehead atoms. The van der Waals surface area contributed by atoms with Crippen molar-refractivity contribution in [1.82, 2.24) is 0 Å². The van der Waals surface area contributed by atoms with E-state index in [2.05, 4.69) is 0 Å². The number of hydrogen-bond acceptors (Lipinski definition) is 2. The summed E-state index contributed by atoms with van der Waals surface area (Å²) in [6.45, 7) is 0.878. The molecule has 2 aromatic rings. The zero-order chi connectivity index (χ0) is 13.3. The largest absolute Gasteiger partial charge is 0.340 e. The third-order valence-corrected chi connectivity index (χ3v) is 3.14. The Morgan fingerprint density at radius 2 is 1.05 bits per heavy atom. The first-order valence-electron chi connectivity index (χ1n) is 6.01. The van der Waals surface area contributed by atoms with Gasteiger partial charge in [0.1, 0.15) is 11.6 Å². The molecule has 3 rings (SSSR count). The molecule has 19 heavy (non-hydrogen) atoms. The van der Waals surface area contributed by atoms with Gasteiger partial charge in [-0.3, -0.25) is 0 Å². The number of rotatable bonds is 2. The second-order valence-corrected chi connectivity index (χ2v) is 4.33. The standard InChI is InChI=1S/C15H12F2O2/c16-13-5-1-11(2-6-13)15(18-9-10-19-15)12-3-7-14(17)8-4-12/h1-8H,9-10H2. The van der Waals surface area contributed by atoms with Crippen molar-refractivity contribution < 1.29 is 18.3 Å². The van der Waals surface area contributed by atoms with E-state index >= 15 is 0 Å². The van der Waals surface area contributed by atoms with Gasteiger partial charge in [0.25, 0.3) is 0 Å². The molecule has 1 fully saturated rings. The van der Waals surface area contributed by atoms with E-state index in [4.69, 9.17) is 9.47 Å². The Morgan fingerprint density at radius 1 is 0.684 bits per heavy atom. The van der Waals surface area contributed by atoms with Crippen molar-refractivity contribution in [2.24, 2.45) is 0 Å². The second-order valence-electron chi connectivity index (χ2n) is 4.33. The van der Waals surface area contributed by atoms with Gasteiger partial charge in [0.2, 0.25) is 5.79 Å². The normalized spacial score (nSPS) is 17.6. The lowest BCUT2D eigenvalue weighted by atomic mass is 9.97. The summed E-state index contributed by atoms with van der Waals surface area (Å²) in [4.78, 5) is 0. The Bertz CT molecular complexity index is 510. The molecule has 1 aliphatic heterocycles. The zero-order valence-corrected chi connectivity index (χ0v) is 10.1. The molecule has 1 saturated heterocycles. The van der Waals surface area contributed by atoms with E-state index in [0.717, 1.165) is 0 Å². The molecule has 0 aliphatic carbocycles. The monoisotopic (exact) mass is 262 g/mol. The molecule has 0 amide bonds. The fourth-order valence-corrected chi connectivity index (χ4v) is 2.25. The van der Waals surface area contributed by atoms with E-state index in [1.165, 1.54) is 24.3 Å². The number of ether oxygens (including phenoxy) is 2. The van der Waals surface area contributed by atoms with Crippen molar-refractivity contribution in [1.29, 1.82) is 0 Å². The molecule has 1 heterocycles. The van der Waals surface area contributed by atoms with Crippen LogP contribution in [-0.2, 0) is 15.3 Å². The highest BCUT2D eigenvalue weighted by Crippen LogP contribution is 2.38. The summed E-state index contributed by atoms with van der Waals surface area (Å²) in [5, 5.41) is 0. The summed E-state index contributed by atoms with van der Waals surface area (Å²) in [5.41, 5.74) is 1.39. The Balaban J connectivity index is 2.08. The van der Waals surface area contributed by atoms with Crippen LogP contribution in [0.25, 0.3) is 0 Å². The van der Waals surface area contributed by atoms with Crippen LogP contribution >= 0.6 is 0 Å². The topological polar surface area (TPSA) is 18.5 Å². The highest BCUT2D eigenvalue weighted by Gasteiger charge is 2.40. The fourth-order valence-electron chi connectivity index (χ4n) is 2.25. The summed E-state index contributed by atoms with van der Waals surface area (Å²) in [5.74, 6) is -1.71. The van der Waals surface area contributed by atoms with Gasteiger partial charge in [-0.05, 0) is 24.3 Å². The molecule has 0 N–H and O–H groups in total. The molecular formula is C15H12F2O2. The Labute approximate surface area is 109 Å². The van der Waals surface area contributed by atoms with Crippen molar-refractivity contribution in [2.45, 2.75) is 5.79 Å². The van der Waals surface area contributed by atoms with E-state index in [0.29, 0.717) is 24.3 Å². The molecule has 2 aromatic carbocycles. The molecule has 98 valence electrons. The summed E-state index contributed by atoms with van der Waals surface area (Å²) in [6.07, 6.45) is 0. The van der Waals surface area contributed by atoms with Crippen molar-refractivity contribution in [3.8, 4) is 0 Å². The molecule has 4 heteroatoms. The third-order valence-electron chi connectivity index (χ3n) is 3.14. The zero-order valence-electron chi connectivity index (χ0n) is 10.1. The van der Waals surface area contributed by atoms with Crippen LogP contribution in [0.1, 0.15) is 11.1 Å². The van der Waals surface area contributed by atoms with Crippen LogP contribution in [0.15, 0.2) is 48.5 Å². The van der Waals surface area contributed by atoms with E-state index in [1.807, 2.05) is 0 Å². The van der Waals surface area contributed by atoms with Crippen molar-refractivity contribution in [2.75, 3.05) is 13.2 Å². The average Bonchev–Trinajstić information content (AvgIpc) is 2.91. The van der Waals surface area contributed by atoms with Gasteiger partial charge in [0.15, 0.2) is 0 Å². The molecule has 0 atom stereocenters. The number of hydrogen-bond donors (Lipinski definition) is 0. The molecule has 0 radical (unpaired) electrons. The van der Waals surface area contributed by atoms with Gasteiger partial charge in [-0.15, -0.1) is 0 Å². The summed E-state index contributed by atoms with van der Waals surface area (Å²) < 4.78 is 37.5. The van der Waals surface area contributed by atoms with Crippen LogP contribution in [0.4, 0.5) is 8.78 Å². The van der Waals surface area contributed by atoms with Crippen LogP contribution in [0.3, 0.4) is 0 Å². The van der Waals surface area contributed by atoms with Crippen molar-refractivity contribution >= 4 is 0 Å². The summed E-state index contributed by atoms with van der Waals surface area (Å²) >= 11 is 0. The fraction of sp³-hybridized carbons (Fsp3) is 0.200. The van der Waals surface area contributed by atoms with Gasteiger partial charge in [-0.1, -0.05) is 24.3 Å². The minimum atomic E-state index is -1.07.